The Labute approximate surface area is 120 Å². The quantitative estimate of drug-likeness (QED) is 0.780. The molecule has 0 saturated heterocycles. The maximum atomic E-state index is 10.2. The summed E-state index contributed by atoms with van der Waals surface area (Å²) in [5, 5.41) is 10.2. The van der Waals surface area contributed by atoms with Crippen molar-refractivity contribution < 1.29 is 52.0 Å². The molecular formula is C10H21NOYb. The van der Waals surface area contributed by atoms with E-state index in [1.54, 1.807) is 7.05 Å². The smallest absolute Gasteiger partial charge is 0.104 e. The van der Waals surface area contributed by atoms with Crippen molar-refractivity contribution in [1.82, 2.24) is 0 Å². The molecule has 0 spiro atoms. The number of aliphatic imine (C=N–C) groups is 1. The summed E-state index contributed by atoms with van der Waals surface area (Å²) in [6.45, 7) is 8.04. The van der Waals surface area contributed by atoms with Crippen molar-refractivity contribution in [3.05, 3.63) is 0 Å². The molecule has 1 N–H and O–H groups in total. The minimum absolute atomic E-state index is 0. The molecule has 86 valence electrons. The molecule has 3 heteroatoms. The van der Waals surface area contributed by atoms with Crippen molar-refractivity contribution in [2.24, 2.45) is 10.9 Å². The molecular weight excluding hydrogens is 323 g/mol. The van der Waals surface area contributed by atoms with Crippen LogP contribution in [-0.2, 0) is 0 Å². The summed E-state index contributed by atoms with van der Waals surface area (Å²) in [5.74, 6) is 0.237. The van der Waals surface area contributed by atoms with Gasteiger partial charge in [0.15, 0.2) is 0 Å². The van der Waals surface area contributed by atoms with E-state index in [-0.39, 0.29) is 52.8 Å². The van der Waals surface area contributed by atoms with Gasteiger partial charge in [0, 0.05) is 59.7 Å². The Morgan fingerprint density at radius 2 is 1.92 bits per heavy atom. The first kappa shape index (κ1) is 16.6. The van der Waals surface area contributed by atoms with Gasteiger partial charge in [-0.2, -0.15) is 0 Å². The van der Waals surface area contributed by atoms with Crippen molar-refractivity contribution in [3.8, 4) is 0 Å². The predicted octanol–water partition coefficient (Wildman–Crippen LogP) is 2.26. The molecule has 0 amide bonds. The molecule has 0 aromatic rings. The Bertz CT molecular complexity index is 168. The van der Waals surface area contributed by atoms with E-state index in [1.807, 2.05) is 20.8 Å². The molecule has 0 radical (unpaired) electrons. The molecule has 0 bridgehead atoms. The fraction of sp³-hybridized carbons (Fsp3) is 0.900. The predicted molar refractivity (Wildman–Crippen MR) is 53.7 cm³/mol. The van der Waals surface area contributed by atoms with E-state index in [0.29, 0.717) is 0 Å². The van der Waals surface area contributed by atoms with E-state index in [9.17, 15) is 5.11 Å². The van der Waals surface area contributed by atoms with Gasteiger partial charge in [0.25, 0.3) is 0 Å². The van der Waals surface area contributed by atoms with Crippen LogP contribution in [0.1, 0.15) is 40.5 Å². The largest absolute Gasteiger partial charge is 0.384 e. The van der Waals surface area contributed by atoms with E-state index < -0.39 is 5.60 Å². The molecule has 0 aliphatic rings. The van der Waals surface area contributed by atoms with Gasteiger partial charge in [0.05, 0.1) is 0 Å². The molecule has 0 aliphatic heterocycles. The SMILES string of the molecule is CCCC(O)(C(C)=NC)C(C)C.[Yb]. The van der Waals surface area contributed by atoms with Gasteiger partial charge in [-0.25, -0.2) is 0 Å². The third-order valence-electron chi connectivity index (χ3n) is 2.55. The zero-order valence-corrected chi connectivity index (χ0v) is 10.9. The van der Waals surface area contributed by atoms with Crippen LogP contribution < -0.4 is 0 Å². The van der Waals surface area contributed by atoms with Gasteiger partial charge in [-0.3, -0.25) is 4.99 Å². The van der Waals surface area contributed by atoms with Crippen LogP contribution in [0, 0.1) is 52.8 Å². The molecule has 0 aliphatic carbocycles. The molecule has 13 heavy (non-hydrogen) atoms. The second-order valence-electron chi connectivity index (χ2n) is 3.64. The zero-order chi connectivity index (χ0) is 9.78. The molecule has 1 atom stereocenters. The average molecular weight is 344 g/mol. The van der Waals surface area contributed by atoms with Crippen LogP contribution in [0.4, 0.5) is 0 Å². The fourth-order valence-corrected chi connectivity index (χ4v) is 1.46. The number of aliphatic hydroxyl groups is 1. The number of nitrogens with zero attached hydrogens (tertiary/aromatic N) is 1. The maximum Gasteiger partial charge on any atom is 0.104 e. The summed E-state index contributed by atoms with van der Waals surface area (Å²) in [5.41, 5.74) is 0.156. The van der Waals surface area contributed by atoms with Crippen LogP contribution >= 0.6 is 0 Å². The van der Waals surface area contributed by atoms with E-state index in [0.717, 1.165) is 18.6 Å². The monoisotopic (exact) mass is 345 g/mol. The van der Waals surface area contributed by atoms with Gasteiger partial charge in [0.1, 0.15) is 5.60 Å². The van der Waals surface area contributed by atoms with E-state index in [1.165, 1.54) is 0 Å². The van der Waals surface area contributed by atoms with Crippen molar-refractivity contribution in [3.63, 3.8) is 0 Å². The Balaban J connectivity index is 0. The van der Waals surface area contributed by atoms with Crippen molar-refractivity contribution in [1.29, 1.82) is 0 Å². The first-order chi connectivity index (χ1) is 5.49. The molecule has 0 aromatic heterocycles. The second kappa shape index (κ2) is 7.44. The van der Waals surface area contributed by atoms with E-state index in [4.69, 9.17) is 0 Å². The van der Waals surface area contributed by atoms with Gasteiger partial charge < -0.3 is 5.11 Å². The first-order valence-electron chi connectivity index (χ1n) is 4.65. The molecule has 2 nitrogen and oxygen atoms in total. The molecule has 0 aromatic carbocycles. The third-order valence-corrected chi connectivity index (χ3v) is 2.55. The summed E-state index contributed by atoms with van der Waals surface area (Å²) in [4.78, 5) is 4.07. The van der Waals surface area contributed by atoms with Crippen molar-refractivity contribution >= 4 is 5.71 Å². The van der Waals surface area contributed by atoms with Crippen molar-refractivity contribution in [2.45, 2.75) is 46.1 Å². The van der Waals surface area contributed by atoms with Crippen LogP contribution in [0.2, 0.25) is 0 Å². The van der Waals surface area contributed by atoms with Crippen LogP contribution in [-0.4, -0.2) is 23.5 Å². The summed E-state index contributed by atoms with van der Waals surface area (Å²) in [6, 6.07) is 0. The molecule has 0 heterocycles. The summed E-state index contributed by atoms with van der Waals surface area (Å²) >= 11 is 0. The minimum Gasteiger partial charge on any atom is -0.384 e. The second-order valence-corrected chi connectivity index (χ2v) is 3.64. The van der Waals surface area contributed by atoms with Crippen molar-refractivity contribution in [2.75, 3.05) is 7.05 Å². The summed E-state index contributed by atoms with van der Waals surface area (Å²) < 4.78 is 0. The Hall–Kier alpha value is 1.15. The minimum atomic E-state index is -0.691. The molecule has 0 saturated carbocycles. The van der Waals surface area contributed by atoms with Crippen LogP contribution in [0.3, 0.4) is 0 Å². The Morgan fingerprint density at radius 1 is 1.46 bits per heavy atom. The normalized spacial score (nSPS) is 16.7. The molecule has 1 unspecified atom stereocenters. The van der Waals surface area contributed by atoms with Gasteiger partial charge in [-0.15, -0.1) is 0 Å². The third kappa shape index (κ3) is 4.46. The standard InChI is InChI=1S/C10H21NO.Yb/c1-6-7-10(12,8(2)3)9(4)11-5;/h8,12H,6-7H2,1-5H3;. The fourth-order valence-electron chi connectivity index (χ4n) is 1.46. The topological polar surface area (TPSA) is 32.6 Å². The molecule has 0 rings (SSSR count). The number of rotatable bonds is 4. The zero-order valence-electron chi connectivity index (χ0n) is 9.15. The van der Waals surface area contributed by atoms with Crippen LogP contribution in [0.5, 0.6) is 0 Å². The van der Waals surface area contributed by atoms with Gasteiger partial charge in [-0.1, -0.05) is 27.2 Å². The van der Waals surface area contributed by atoms with E-state index >= 15 is 0 Å². The summed E-state index contributed by atoms with van der Waals surface area (Å²) in [6.07, 6.45) is 1.79. The average Bonchev–Trinajstić information content (AvgIpc) is 2.03. The molecule has 0 fully saturated rings. The Morgan fingerprint density at radius 3 is 2.15 bits per heavy atom. The first-order valence-corrected chi connectivity index (χ1v) is 4.65. The van der Waals surface area contributed by atoms with Gasteiger partial charge >= 0.3 is 0 Å². The van der Waals surface area contributed by atoms with Crippen LogP contribution in [0.15, 0.2) is 4.99 Å². The number of hydrogen-bond acceptors (Lipinski definition) is 2. The Kier molecular flexibility index (Phi) is 9.49. The number of hydrogen-bond donors (Lipinski definition) is 1. The van der Waals surface area contributed by atoms with E-state index in [2.05, 4.69) is 11.9 Å². The van der Waals surface area contributed by atoms with Crippen LogP contribution in [0.25, 0.3) is 0 Å². The van der Waals surface area contributed by atoms with Gasteiger partial charge in [0.2, 0.25) is 0 Å². The van der Waals surface area contributed by atoms with Gasteiger partial charge in [-0.05, 0) is 19.3 Å². The maximum absolute atomic E-state index is 10.2. The summed E-state index contributed by atoms with van der Waals surface area (Å²) in [7, 11) is 1.73.